The molecule has 2 fully saturated rings. The highest BCUT2D eigenvalue weighted by Crippen LogP contribution is 2.37. The molecule has 2 rings (SSSR count). The monoisotopic (exact) mass is 169 g/mol. The molecule has 0 N–H and O–H groups in total. The molecule has 0 aromatic heterocycles. The van der Waals surface area contributed by atoms with Crippen LogP contribution in [-0.2, 0) is 4.74 Å². The van der Waals surface area contributed by atoms with Crippen molar-refractivity contribution < 1.29 is 4.74 Å². The van der Waals surface area contributed by atoms with E-state index in [1.807, 2.05) is 0 Å². The lowest BCUT2D eigenvalue weighted by molar-refractivity contribution is -0.202. The number of hydrogen-bond acceptors (Lipinski definition) is 2. The molecule has 0 saturated carbocycles. The fourth-order valence-corrected chi connectivity index (χ4v) is 2.47. The molecule has 0 aromatic rings. The number of nitrogens with zero attached hydrogens (tertiary/aromatic N) is 1. The fraction of sp³-hybridized carbons (Fsp3) is 1.00. The third-order valence-corrected chi connectivity index (χ3v) is 3.41. The fourth-order valence-electron chi connectivity index (χ4n) is 2.47. The van der Waals surface area contributed by atoms with Crippen molar-refractivity contribution >= 4 is 0 Å². The van der Waals surface area contributed by atoms with E-state index in [0.29, 0.717) is 6.10 Å². The van der Waals surface area contributed by atoms with Crippen LogP contribution in [-0.4, -0.2) is 36.7 Å². The summed E-state index contributed by atoms with van der Waals surface area (Å²) in [5.74, 6) is 0.751. The lowest BCUT2D eigenvalue weighted by Gasteiger charge is -2.53. The molecule has 2 atom stereocenters. The Kier molecular flexibility index (Phi) is 1.92. The summed E-state index contributed by atoms with van der Waals surface area (Å²) in [5.41, 5.74) is 0.251. The van der Waals surface area contributed by atoms with E-state index in [4.69, 9.17) is 4.74 Å². The molecule has 2 heteroatoms. The summed E-state index contributed by atoms with van der Waals surface area (Å²) in [4.78, 5) is 2.34. The molecule has 2 aliphatic rings. The molecule has 2 saturated heterocycles. The van der Waals surface area contributed by atoms with E-state index in [1.54, 1.807) is 0 Å². The number of likely N-dealkylation sites (tertiary alicyclic amines) is 1. The normalized spacial score (nSPS) is 41.2. The second kappa shape index (κ2) is 2.71. The third kappa shape index (κ3) is 1.27. The third-order valence-electron chi connectivity index (χ3n) is 3.41. The van der Waals surface area contributed by atoms with Crippen molar-refractivity contribution in [2.24, 2.45) is 5.92 Å². The molecule has 2 nitrogen and oxygen atoms in total. The van der Waals surface area contributed by atoms with Gasteiger partial charge in [0.25, 0.3) is 0 Å². The zero-order valence-electron chi connectivity index (χ0n) is 8.34. The van der Waals surface area contributed by atoms with Gasteiger partial charge in [-0.1, -0.05) is 6.92 Å². The van der Waals surface area contributed by atoms with Crippen LogP contribution in [0.5, 0.6) is 0 Å². The SMILES string of the molecule is CC1CCC2(CN(C)C2)OC1C. The van der Waals surface area contributed by atoms with Gasteiger partial charge in [0.05, 0.1) is 11.7 Å². The quantitative estimate of drug-likeness (QED) is 0.545. The first kappa shape index (κ1) is 8.52. The molecular weight excluding hydrogens is 150 g/mol. The maximum absolute atomic E-state index is 6.05. The minimum Gasteiger partial charge on any atom is -0.369 e. The van der Waals surface area contributed by atoms with Crippen molar-refractivity contribution in [3.8, 4) is 0 Å². The first-order chi connectivity index (χ1) is 5.61. The van der Waals surface area contributed by atoms with Gasteiger partial charge in [0, 0.05) is 13.1 Å². The van der Waals surface area contributed by atoms with Crippen LogP contribution in [0.2, 0.25) is 0 Å². The average molecular weight is 169 g/mol. The topological polar surface area (TPSA) is 12.5 Å². The van der Waals surface area contributed by atoms with Gasteiger partial charge in [0.2, 0.25) is 0 Å². The first-order valence-electron chi connectivity index (χ1n) is 4.98. The first-order valence-corrected chi connectivity index (χ1v) is 4.98. The Hall–Kier alpha value is -0.0800. The molecule has 0 aromatic carbocycles. The van der Waals surface area contributed by atoms with Crippen LogP contribution in [0.25, 0.3) is 0 Å². The lowest BCUT2D eigenvalue weighted by atomic mass is 9.81. The van der Waals surface area contributed by atoms with Crippen LogP contribution >= 0.6 is 0 Å². The number of likely N-dealkylation sites (N-methyl/N-ethyl adjacent to an activating group) is 1. The minimum atomic E-state index is 0.251. The molecule has 70 valence electrons. The zero-order chi connectivity index (χ0) is 8.77. The molecule has 2 heterocycles. The Labute approximate surface area is 74.9 Å². The van der Waals surface area contributed by atoms with E-state index >= 15 is 0 Å². The molecule has 0 radical (unpaired) electrons. The molecule has 12 heavy (non-hydrogen) atoms. The van der Waals surface area contributed by atoms with E-state index in [2.05, 4.69) is 25.8 Å². The van der Waals surface area contributed by atoms with Crippen LogP contribution in [0, 0.1) is 5.92 Å². The van der Waals surface area contributed by atoms with E-state index in [-0.39, 0.29) is 5.60 Å². The van der Waals surface area contributed by atoms with Crippen LogP contribution in [0.15, 0.2) is 0 Å². The van der Waals surface area contributed by atoms with Gasteiger partial charge in [-0.25, -0.2) is 0 Å². The van der Waals surface area contributed by atoms with Gasteiger partial charge in [-0.05, 0) is 32.7 Å². The lowest BCUT2D eigenvalue weighted by Crippen LogP contribution is -2.64. The van der Waals surface area contributed by atoms with Gasteiger partial charge in [0.1, 0.15) is 0 Å². The van der Waals surface area contributed by atoms with E-state index < -0.39 is 0 Å². The van der Waals surface area contributed by atoms with Gasteiger partial charge >= 0.3 is 0 Å². The average Bonchev–Trinajstić information content (AvgIpc) is 1.95. The maximum Gasteiger partial charge on any atom is 0.0938 e. The van der Waals surface area contributed by atoms with Crippen LogP contribution in [0.4, 0.5) is 0 Å². The molecule has 2 unspecified atom stereocenters. The van der Waals surface area contributed by atoms with Crippen molar-refractivity contribution in [1.82, 2.24) is 4.90 Å². The summed E-state index contributed by atoms with van der Waals surface area (Å²) in [7, 11) is 2.16. The highest BCUT2D eigenvalue weighted by Gasteiger charge is 2.46. The Morgan fingerprint density at radius 2 is 2.00 bits per heavy atom. The molecular formula is C10H19NO. The van der Waals surface area contributed by atoms with E-state index in [0.717, 1.165) is 19.0 Å². The van der Waals surface area contributed by atoms with E-state index in [9.17, 15) is 0 Å². The van der Waals surface area contributed by atoms with E-state index in [1.165, 1.54) is 12.8 Å². The smallest absolute Gasteiger partial charge is 0.0938 e. The predicted octanol–water partition coefficient (Wildman–Crippen LogP) is 1.51. The van der Waals surface area contributed by atoms with Crippen LogP contribution in [0.3, 0.4) is 0 Å². The Morgan fingerprint density at radius 3 is 2.50 bits per heavy atom. The largest absolute Gasteiger partial charge is 0.369 e. The maximum atomic E-state index is 6.05. The molecule has 0 bridgehead atoms. The minimum absolute atomic E-state index is 0.251. The van der Waals surface area contributed by atoms with Gasteiger partial charge in [0.15, 0.2) is 0 Å². The Balaban J connectivity index is 1.95. The van der Waals surface area contributed by atoms with Gasteiger partial charge < -0.3 is 9.64 Å². The summed E-state index contributed by atoms with van der Waals surface area (Å²) in [6, 6.07) is 0. The standard InChI is InChI=1S/C10H19NO/c1-8-4-5-10(12-9(8)2)6-11(3)7-10/h8-9H,4-7H2,1-3H3. The number of hydrogen-bond donors (Lipinski definition) is 0. The molecule has 1 spiro atoms. The van der Waals surface area contributed by atoms with Crippen LogP contribution in [0.1, 0.15) is 26.7 Å². The predicted molar refractivity (Wildman–Crippen MR) is 49.2 cm³/mol. The molecule has 0 amide bonds. The van der Waals surface area contributed by atoms with Crippen molar-refractivity contribution in [3.05, 3.63) is 0 Å². The van der Waals surface area contributed by atoms with Crippen molar-refractivity contribution in [2.45, 2.75) is 38.4 Å². The number of rotatable bonds is 0. The molecule has 2 aliphatic heterocycles. The second-order valence-corrected chi connectivity index (χ2v) is 4.69. The Bertz CT molecular complexity index is 175. The van der Waals surface area contributed by atoms with Gasteiger partial charge in [-0.2, -0.15) is 0 Å². The van der Waals surface area contributed by atoms with Crippen molar-refractivity contribution in [3.63, 3.8) is 0 Å². The number of ether oxygens (including phenoxy) is 1. The van der Waals surface area contributed by atoms with Crippen LogP contribution < -0.4 is 0 Å². The molecule has 0 aliphatic carbocycles. The zero-order valence-corrected chi connectivity index (χ0v) is 8.34. The van der Waals surface area contributed by atoms with Crippen molar-refractivity contribution in [1.29, 1.82) is 0 Å². The van der Waals surface area contributed by atoms with Crippen molar-refractivity contribution in [2.75, 3.05) is 20.1 Å². The second-order valence-electron chi connectivity index (χ2n) is 4.69. The summed E-state index contributed by atoms with van der Waals surface area (Å²) < 4.78 is 6.05. The van der Waals surface area contributed by atoms with Gasteiger partial charge in [-0.3, -0.25) is 0 Å². The summed E-state index contributed by atoms with van der Waals surface area (Å²) >= 11 is 0. The summed E-state index contributed by atoms with van der Waals surface area (Å²) in [5, 5.41) is 0. The highest BCUT2D eigenvalue weighted by atomic mass is 16.5. The summed E-state index contributed by atoms with van der Waals surface area (Å²) in [6.07, 6.45) is 3.07. The highest BCUT2D eigenvalue weighted by molar-refractivity contribution is 4.99. The van der Waals surface area contributed by atoms with Gasteiger partial charge in [-0.15, -0.1) is 0 Å². The Morgan fingerprint density at radius 1 is 1.33 bits per heavy atom. The summed E-state index contributed by atoms with van der Waals surface area (Å²) in [6.45, 7) is 6.79.